The van der Waals surface area contributed by atoms with E-state index in [1.165, 1.54) is 0 Å². The molecule has 1 aromatic rings. The second-order valence-electron chi connectivity index (χ2n) is 3.44. The molecule has 82 valence electrons. The summed E-state index contributed by atoms with van der Waals surface area (Å²) in [6.45, 7) is 4.26. The smallest absolute Gasteiger partial charge is 0.225 e. The van der Waals surface area contributed by atoms with Crippen LogP contribution < -0.4 is 4.90 Å². The van der Waals surface area contributed by atoms with Gasteiger partial charge in [-0.15, -0.1) is 0 Å². The average Bonchev–Trinajstić information content (AvgIpc) is 2.16. The summed E-state index contributed by atoms with van der Waals surface area (Å²) >= 11 is 11.6. The number of morpholine rings is 1. The van der Waals surface area contributed by atoms with Gasteiger partial charge in [-0.05, 0) is 18.5 Å². The first-order valence-corrected chi connectivity index (χ1v) is 5.47. The number of ether oxygens (including phenoxy) is 1. The fourth-order valence-corrected chi connectivity index (χ4v) is 1.99. The van der Waals surface area contributed by atoms with E-state index in [0.29, 0.717) is 18.4 Å². The van der Waals surface area contributed by atoms with E-state index in [1.807, 2.05) is 0 Å². The van der Waals surface area contributed by atoms with Gasteiger partial charge in [-0.25, -0.2) is 9.97 Å². The lowest BCUT2D eigenvalue weighted by Crippen LogP contribution is -2.44. The molecule has 2 heterocycles. The molecule has 2 rings (SSSR count). The van der Waals surface area contributed by atoms with Gasteiger partial charge in [0.25, 0.3) is 0 Å². The maximum Gasteiger partial charge on any atom is 0.225 e. The number of anilines is 1. The normalized spacial score (nSPS) is 21.8. The van der Waals surface area contributed by atoms with Gasteiger partial charge in [0.2, 0.25) is 5.28 Å². The number of aromatic nitrogens is 2. The molecule has 0 amide bonds. The van der Waals surface area contributed by atoms with E-state index in [2.05, 4.69) is 21.8 Å². The van der Waals surface area contributed by atoms with Gasteiger partial charge in [0.15, 0.2) is 0 Å². The highest BCUT2D eigenvalue weighted by Crippen LogP contribution is 2.21. The topological polar surface area (TPSA) is 38.2 Å². The monoisotopic (exact) mass is 247 g/mol. The van der Waals surface area contributed by atoms with E-state index in [0.717, 1.165) is 12.4 Å². The molecule has 15 heavy (non-hydrogen) atoms. The largest absolute Gasteiger partial charge is 0.377 e. The average molecular weight is 248 g/mol. The molecule has 1 aromatic heterocycles. The summed E-state index contributed by atoms with van der Waals surface area (Å²) in [7, 11) is 0. The maximum atomic E-state index is 5.82. The highest BCUT2D eigenvalue weighted by molar-refractivity contribution is 6.32. The summed E-state index contributed by atoms with van der Waals surface area (Å²) in [4.78, 5) is 10.1. The molecule has 1 aliphatic heterocycles. The minimum atomic E-state index is 0.177. The van der Waals surface area contributed by atoms with Crippen LogP contribution in [0.2, 0.25) is 10.4 Å². The molecule has 1 aliphatic rings. The molecule has 0 aromatic carbocycles. The SMILES string of the molecule is C[C@H]1COCCN1c1cc(Cl)nc(Cl)n1. The molecular formula is C9H11Cl2N3O. The van der Waals surface area contributed by atoms with Gasteiger partial charge in [-0.3, -0.25) is 0 Å². The van der Waals surface area contributed by atoms with Crippen LogP contribution in [0.3, 0.4) is 0 Å². The molecule has 1 fully saturated rings. The van der Waals surface area contributed by atoms with Crippen LogP contribution in [-0.2, 0) is 4.74 Å². The zero-order chi connectivity index (χ0) is 10.8. The minimum Gasteiger partial charge on any atom is -0.377 e. The van der Waals surface area contributed by atoms with Gasteiger partial charge in [-0.2, -0.15) is 0 Å². The summed E-state index contributed by atoms with van der Waals surface area (Å²) in [5, 5.41) is 0.542. The molecule has 0 radical (unpaired) electrons. The molecule has 0 unspecified atom stereocenters. The van der Waals surface area contributed by atoms with Gasteiger partial charge >= 0.3 is 0 Å². The van der Waals surface area contributed by atoms with Crippen molar-refractivity contribution in [2.24, 2.45) is 0 Å². The number of rotatable bonds is 1. The molecule has 0 saturated carbocycles. The number of hydrogen-bond acceptors (Lipinski definition) is 4. The van der Waals surface area contributed by atoms with Crippen LogP contribution in [0, 0.1) is 0 Å². The Labute approximate surface area is 98.2 Å². The van der Waals surface area contributed by atoms with Crippen molar-refractivity contribution in [1.82, 2.24) is 9.97 Å². The highest BCUT2D eigenvalue weighted by atomic mass is 35.5. The van der Waals surface area contributed by atoms with Gasteiger partial charge in [0.1, 0.15) is 11.0 Å². The van der Waals surface area contributed by atoms with E-state index in [4.69, 9.17) is 27.9 Å². The fraction of sp³-hybridized carbons (Fsp3) is 0.556. The second-order valence-corrected chi connectivity index (χ2v) is 4.16. The summed E-state index contributed by atoms with van der Waals surface area (Å²) < 4.78 is 5.34. The Kier molecular flexibility index (Phi) is 3.29. The summed E-state index contributed by atoms with van der Waals surface area (Å²) in [5.74, 6) is 0.760. The van der Waals surface area contributed by atoms with E-state index >= 15 is 0 Å². The Balaban J connectivity index is 2.27. The molecule has 1 atom stereocenters. The maximum absolute atomic E-state index is 5.82. The minimum absolute atomic E-state index is 0.177. The zero-order valence-electron chi connectivity index (χ0n) is 8.28. The Morgan fingerprint density at radius 1 is 1.47 bits per heavy atom. The van der Waals surface area contributed by atoms with E-state index in [1.54, 1.807) is 6.07 Å². The standard InChI is InChI=1S/C9H11Cl2N3O/c1-6-5-15-3-2-14(6)8-4-7(10)12-9(11)13-8/h4,6H,2-3,5H2,1H3/t6-/m0/s1. The second kappa shape index (κ2) is 4.51. The van der Waals surface area contributed by atoms with Crippen LogP contribution in [0.1, 0.15) is 6.92 Å². The molecule has 0 N–H and O–H groups in total. The molecule has 0 aliphatic carbocycles. The summed E-state index contributed by atoms with van der Waals surface area (Å²) in [5.41, 5.74) is 0. The number of halogens is 2. The van der Waals surface area contributed by atoms with Crippen LogP contribution in [0.5, 0.6) is 0 Å². The van der Waals surface area contributed by atoms with E-state index in [9.17, 15) is 0 Å². The van der Waals surface area contributed by atoms with Crippen LogP contribution in [0.4, 0.5) is 5.82 Å². The van der Waals surface area contributed by atoms with Crippen LogP contribution in [-0.4, -0.2) is 35.8 Å². The van der Waals surface area contributed by atoms with Crippen molar-refractivity contribution >= 4 is 29.0 Å². The molecule has 0 bridgehead atoms. The summed E-state index contributed by atoms with van der Waals surface area (Å²) in [6, 6.07) is 2.00. The van der Waals surface area contributed by atoms with Crippen molar-refractivity contribution in [2.75, 3.05) is 24.7 Å². The van der Waals surface area contributed by atoms with Crippen molar-refractivity contribution in [3.8, 4) is 0 Å². The number of hydrogen-bond donors (Lipinski definition) is 0. The van der Waals surface area contributed by atoms with Crippen LogP contribution in [0.15, 0.2) is 6.07 Å². The van der Waals surface area contributed by atoms with Crippen molar-refractivity contribution in [3.05, 3.63) is 16.5 Å². The first kappa shape index (κ1) is 10.9. The lowest BCUT2D eigenvalue weighted by molar-refractivity contribution is 0.0985. The third kappa shape index (κ3) is 2.51. The Hall–Kier alpha value is -0.580. The van der Waals surface area contributed by atoms with Crippen LogP contribution >= 0.6 is 23.2 Å². The zero-order valence-corrected chi connectivity index (χ0v) is 9.79. The molecule has 0 spiro atoms. The van der Waals surface area contributed by atoms with Crippen molar-refractivity contribution in [2.45, 2.75) is 13.0 Å². The highest BCUT2D eigenvalue weighted by Gasteiger charge is 2.20. The lowest BCUT2D eigenvalue weighted by Gasteiger charge is -2.34. The van der Waals surface area contributed by atoms with Crippen LogP contribution in [0.25, 0.3) is 0 Å². The first-order chi connectivity index (χ1) is 7.16. The summed E-state index contributed by atoms with van der Waals surface area (Å²) in [6.07, 6.45) is 0. The third-order valence-corrected chi connectivity index (χ3v) is 2.68. The van der Waals surface area contributed by atoms with E-state index < -0.39 is 0 Å². The Morgan fingerprint density at radius 2 is 2.27 bits per heavy atom. The molecule has 4 nitrogen and oxygen atoms in total. The Morgan fingerprint density at radius 3 is 2.93 bits per heavy atom. The third-order valence-electron chi connectivity index (χ3n) is 2.32. The molecule has 1 saturated heterocycles. The molecule has 6 heteroatoms. The fourth-order valence-electron chi connectivity index (χ4n) is 1.59. The number of nitrogens with zero attached hydrogens (tertiary/aromatic N) is 3. The Bertz CT molecular complexity index is 341. The predicted octanol–water partition coefficient (Wildman–Crippen LogP) is 2.01. The van der Waals surface area contributed by atoms with E-state index in [-0.39, 0.29) is 11.3 Å². The lowest BCUT2D eigenvalue weighted by atomic mass is 10.2. The van der Waals surface area contributed by atoms with Gasteiger partial charge in [-0.1, -0.05) is 11.6 Å². The first-order valence-electron chi connectivity index (χ1n) is 4.71. The molecular weight excluding hydrogens is 237 g/mol. The van der Waals surface area contributed by atoms with Gasteiger partial charge in [0.05, 0.1) is 19.3 Å². The quantitative estimate of drug-likeness (QED) is 0.562. The van der Waals surface area contributed by atoms with Gasteiger partial charge in [0, 0.05) is 12.6 Å². The predicted molar refractivity (Wildman–Crippen MR) is 59.7 cm³/mol. The van der Waals surface area contributed by atoms with Crippen molar-refractivity contribution < 1.29 is 4.74 Å². The van der Waals surface area contributed by atoms with Crippen molar-refractivity contribution in [1.29, 1.82) is 0 Å². The van der Waals surface area contributed by atoms with Crippen molar-refractivity contribution in [3.63, 3.8) is 0 Å². The van der Waals surface area contributed by atoms with Gasteiger partial charge < -0.3 is 9.64 Å².